The number of halogens is 1. The SMILES string of the molecule is Cc1c(NC(=O)C2CCCN(Cc3ccccc3Cl)C2)cccc1C(N)=O. The normalized spacial score (nSPS) is 17.5. The van der Waals surface area contributed by atoms with E-state index >= 15 is 0 Å². The van der Waals surface area contributed by atoms with Crippen LogP contribution in [0.25, 0.3) is 0 Å². The van der Waals surface area contributed by atoms with Gasteiger partial charge in [0.25, 0.3) is 0 Å². The summed E-state index contributed by atoms with van der Waals surface area (Å²) in [6.07, 6.45) is 1.81. The van der Waals surface area contributed by atoms with E-state index in [1.165, 1.54) is 0 Å². The van der Waals surface area contributed by atoms with Crippen LogP contribution in [0, 0.1) is 12.8 Å². The standard InChI is InChI=1S/C21H24ClN3O2/c1-14-17(20(23)26)8-4-10-19(14)24-21(27)16-7-5-11-25(13-16)12-15-6-2-3-9-18(15)22/h2-4,6,8-10,16H,5,7,11-13H2,1H3,(H2,23,26)(H,24,27). The van der Waals surface area contributed by atoms with E-state index in [1.54, 1.807) is 25.1 Å². The number of primary amides is 1. The number of hydrogen-bond donors (Lipinski definition) is 2. The first-order valence-corrected chi connectivity index (χ1v) is 9.49. The monoisotopic (exact) mass is 385 g/mol. The van der Waals surface area contributed by atoms with Crippen molar-refractivity contribution in [2.45, 2.75) is 26.3 Å². The van der Waals surface area contributed by atoms with Crippen molar-refractivity contribution >= 4 is 29.1 Å². The minimum atomic E-state index is -0.493. The molecule has 0 spiro atoms. The van der Waals surface area contributed by atoms with Crippen molar-refractivity contribution in [3.05, 3.63) is 64.2 Å². The van der Waals surface area contributed by atoms with Gasteiger partial charge >= 0.3 is 0 Å². The molecule has 1 atom stereocenters. The summed E-state index contributed by atoms with van der Waals surface area (Å²) in [6, 6.07) is 13.0. The topological polar surface area (TPSA) is 75.4 Å². The highest BCUT2D eigenvalue weighted by Gasteiger charge is 2.26. The van der Waals surface area contributed by atoms with Gasteiger partial charge in [-0.2, -0.15) is 0 Å². The maximum Gasteiger partial charge on any atom is 0.249 e. The summed E-state index contributed by atoms with van der Waals surface area (Å²) < 4.78 is 0. The van der Waals surface area contributed by atoms with Crippen molar-refractivity contribution < 1.29 is 9.59 Å². The number of carbonyl (C=O) groups excluding carboxylic acids is 2. The highest BCUT2D eigenvalue weighted by Crippen LogP contribution is 2.24. The number of nitrogens with one attached hydrogen (secondary N) is 1. The maximum atomic E-state index is 12.8. The van der Waals surface area contributed by atoms with E-state index in [0.717, 1.165) is 36.5 Å². The molecule has 1 unspecified atom stereocenters. The number of piperidine rings is 1. The third kappa shape index (κ3) is 4.67. The molecule has 2 amide bonds. The number of likely N-dealkylation sites (tertiary alicyclic amines) is 1. The molecule has 0 bridgehead atoms. The Labute approximate surface area is 164 Å². The molecule has 1 aliphatic heterocycles. The second-order valence-electron chi connectivity index (χ2n) is 7.00. The van der Waals surface area contributed by atoms with Gasteiger partial charge in [-0.3, -0.25) is 14.5 Å². The van der Waals surface area contributed by atoms with Crippen molar-refractivity contribution in [2.75, 3.05) is 18.4 Å². The van der Waals surface area contributed by atoms with E-state index in [1.807, 2.05) is 24.3 Å². The van der Waals surface area contributed by atoms with Crippen molar-refractivity contribution in [2.24, 2.45) is 11.7 Å². The zero-order valence-corrected chi connectivity index (χ0v) is 16.1. The van der Waals surface area contributed by atoms with Crippen LogP contribution in [0.1, 0.15) is 34.3 Å². The fraction of sp³-hybridized carbons (Fsp3) is 0.333. The van der Waals surface area contributed by atoms with Crippen molar-refractivity contribution in [1.82, 2.24) is 4.90 Å². The molecule has 0 radical (unpaired) electrons. The molecule has 0 saturated carbocycles. The average Bonchev–Trinajstić information content (AvgIpc) is 2.65. The minimum Gasteiger partial charge on any atom is -0.366 e. The van der Waals surface area contributed by atoms with E-state index in [4.69, 9.17) is 17.3 Å². The fourth-order valence-corrected chi connectivity index (χ4v) is 3.75. The van der Waals surface area contributed by atoms with Crippen molar-refractivity contribution in [3.63, 3.8) is 0 Å². The molecule has 2 aromatic carbocycles. The van der Waals surface area contributed by atoms with Gasteiger partial charge in [-0.1, -0.05) is 35.9 Å². The predicted octanol–water partition coefficient (Wildman–Crippen LogP) is 3.60. The van der Waals surface area contributed by atoms with Crippen LogP contribution in [0.5, 0.6) is 0 Å². The molecule has 5 nitrogen and oxygen atoms in total. The molecular weight excluding hydrogens is 362 g/mol. The van der Waals surface area contributed by atoms with E-state index in [9.17, 15) is 9.59 Å². The summed E-state index contributed by atoms with van der Waals surface area (Å²) in [6.45, 7) is 4.16. The molecule has 142 valence electrons. The zero-order chi connectivity index (χ0) is 19.4. The Morgan fingerprint density at radius 1 is 1.22 bits per heavy atom. The summed E-state index contributed by atoms with van der Waals surface area (Å²) in [7, 11) is 0. The number of benzene rings is 2. The van der Waals surface area contributed by atoms with E-state index in [2.05, 4.69) is 10.2 Å². The van der Waals surface area contributed by atoms with Gasteiger partial charge in [-0.05, 0) is 55.6 Å². The number of rotatable bonds is 5. The summed E-state index contributed by atoms with van der Waals surface area (Å²) in [5, 5.41) is 3.72. The van der Waals surface area contributed by atoms with Crippen LogP contribution in [0.4, 0.5) is 5.69 Å². The maximum absolute atomic E-state index is 12.8. The van der Waals surface area contributed by atoms with Crippen molar-refractivity contribution in [1.29, 1.82) is 0 Å². The molecule has 2 aromatic rings. The van der Waals surface area contributed by atoms with Gasteiger partial charge in [0, 0.05) is 29.4 Å². The van der Waals surface area contributed by atoms with Gasteiger partial charge in [0.1, 0.15) is 0 Å². The Hall–Kier alpha value is -2.37. The van der Waals surface area contributed by atoms with E-state index < -0.39 is 5.91 Å². The molecular formula is C21H24ClN3O2. The molecule has 1 heterocycles. The lowest BCUT2D eigenvalue weighted by Crippen LogP contribution is -2.40. The largest absolute Gasteiger partial charge is 0.366 e. The summed E-state index contributed by atoms with van der Waals surface area (Å²) in [5.74, 6) is -0.617. The molecule has 1 aliphatic rings. The minimum absolute atomic E-state index is 0.0245. The van der Waals surface area contributed by atoms with E-state index in [-0.39, 0.29) is 11.8 Å². The van der Waals surface area contributed by atoms with Crippen LogP contribution in [0.2, 0.25) is 5.02 Å². The Bertz CT molecular complexity index is 853. The second-order valence-corrected chi connectivity index (χ2v) is 7.40. The number of amides is 2. The smallest absolute Gasteiger partial charge is 0.249 e. The summed E-state index contributed by atoms with van der Waals surface area (Å²) in [5.41, 5.74) is 8.23. The number of nitrogens with two attached hydrogens (primary N) is 1. The fourth-order valence-electron chi connectivity index (χ4n) is 3.55. The van der Waals surface area contributed by atoms with Crippen LogP contribution in [-0.2, 0) is 11.3 Å². The average molecular weight is 386 g/mol. The molecule has 0 aromatic heterocycles. The molecule has 3 rings (SSSR count). The van der Waals surface area contributed by atoms with Crippen LogP contribution in [0.3, 0.4) is 0 Å². The predicted molar refractivity (Wildman–Crippen MR) is 108 cm³/mol. The first-order chi connectivity index (χ1) is 13.0. The quantitative estimate of drug-likeness (QED) is 0.825. The first kappa shape index (κ1) is 19.4. The molecule has 6 heteroatoms. The van der Waals surface area contributed by atoms with Crippen LogP contribution in [-0.4, -0.2) is 29.8 Å². The molecule has 1 saturated heterocycles. The Balaban J connectivity index is 1.66. The van der Waals surface area contributed by atoms with Crippen LogP contribution in [0.15, 0.2) is 42.5 Å². The molecule has 0 aliphatic carbocycles. The number of nitrogens with zero attached hydrogens (tertiary/aromatic N) is 1. The Kier molecular flexibility index (Phi) is 6.14. The highest BCUT2D eigenvalue weighted by atomic mass is 35.5. The van der Waals surface area contributed by atoms with Crippen molar-refractivity contribution in [3.8, 4) is 0 Å². The summed E-state index contributed by atoms with van der Waals surface area (Å²) in [4.78, 5) is 26.5. The first-order valence-electron chi connectivity index (χ1n) is 9.11. The Morgan fingerprint density at radius 3 is 2.74 bits per heavy atom. The summed E-state index contributed by atoms with van der Waals surface area (Å²) >= 11 is 6.26. The number of carbonyl (C=O) groups is 2. The van der Waals surface area contributed by atoms with E-state index in [0.29, 0.717) is 23.4 Å². The van der Waals surface area contributed by atoms with Gasteiger partial charge in [0.15, 0.2) is 0 Å². The molecule has 3 N–H and O–H groups in total. The third-order valence-corrected chi connectivity index (χ3v) is 5.45. The van der Waals surface area contributed by atoms with Gasteiger partial charge < -0.3 is 11.1 Å². The Morgan fingerprint density at radius 2 is 2.00 bits per heavy atom. The molecule has 1 fully saturated rings. The van der Waals surface area contributed by atoms with Crippen LogP contribution >= 0.6 is 11.6 Å². The lowest BCUT2D eigenvalue weighted by atomic mass is 9.96. The number of hydrogen-bond acceptors (Lipinski definition) is 3. The molecule has 27 heavy (non-hydrogen) atoms. The lowest BCUT2D eigenvalue weighted by molar-refractivity contribution is -0.121. The van der Waals surface area contributed by atoms with Crippen LogP contribution < -0.4 is 11.1 Å². The highest BCUT2D eigenvalue weighted by molar-refractivity contribution is 6.31. The zero-order valence-electron chi connectivity index (χ0n) is 15.4. The third-order valence-electron chi connectivity index (χ3n) is 5.09. The van der Waals surface area contributed by atoms with Gasteiger partial charge in [-0.15, -0.1) is 0 Å². The lowest BCUT2D eigenvalue weighted by Gasteiger charge is -2.32. The second kappa shape index (κ2) is 8.55. The number of anilines is 1. The van der Waals surface area contributed by atoms with Gasteiger partial charge in [0.05, 0.1) is 5.92 Å². The van der Waals surface area contributed by atoms with Gasteiger partial charge in [0.2, 0.25) is 11.8 Å². The van der Waals surface area contributed by atoms with Gasteiger partial charge in [-0.25, -0.2) is 0 Å².